The lowest BCUT2D eigenvalue weighted by atomic mass is 10.4. The molecule has 0 amide bonds. The van der Waals surface area contributed by atoms with E-state index in [1.807, 2.05) is 0 Å². The van der Waals surface area contributed by atoms with E-state index >= 15 is 0 Å². The van der Waals surface area contributed by atoms with Gasteiger partial charge in [-0.3, -0.25) is 0 Å². The quantitative estimate of drug-likeness (QED) is 0.483. The fourth-order valence-corrected chi connectivity index (χ4v) is 1.56. The molecular formula is C14H29NO3. The molecule has 0 saturated heterocycles. The molecule has 0 aromatic carbocycles. The summed E-state index contributed by atoms with van der Waals surface area (Å²) in [6, 6.07) is 0. The molecule has 0 aliphatic heterocycles. The summed E-state index contributed by atoms with van der Waals surface area (Å²) in [6.45, 7) is 8.63. The number of hydrogen-bond donors (Lipinski definition) is 1. The highest BCUT2D eigenvalue weighted by atomic mass is 16.5. The summed E-state index contributed by atoms with van der Waals surface area (Å²) in [7, 11) is 0. The van der Waals surface area contributed by atoms with E-state index in [-0.39, 0.29) is 0 Å². The lowest BCUT2D eigenvalue weighted by Gasteiger charge is -2.07. The molecule has 0 aromatic heterocycles. The average Bonchev–Trinajstić information content (AvgIpc) is 3.19. The second-order valence-corrected chi connectivity index (χ2v) is 4.84. The van der Waals surface area contributed by atoms with Crippen LogP contribution in [0.4, 0.5) is 0 Å². The van der Waals surface area contributed by atoms with Gasteiger partial charge in [0.1, 0.15) is 0 Å². The first-order valence-electron chi connectivity index (χ1n) is 7.37. The first-order chi connectivity index (χ1) is 8.93. The van der Waals surface area contributed by atoms with Crippen LogP contribution in [-0.4, -0.2) is 52.7 Å². The molecule has 18 heavy (non-hydrogen) atoms. The van der Waals surface area contributed by atoms with Crippen molar-refractivity contribution in [2.24, 2.45) is 5.92 Å². The van der Waals surface area contributed by atoms with Gasteiger partial charge in [-0.15, -0.1) is 0 Å². The standard InChI is InChI=1S/C14H29NO3/c1-2-3-7-16-9-11-18-12-10-17-8-6-15-13-14-4-5-14/h14-15H,2-13H2,1H3. The number of rotatable bonds is 14. The van der Waals surface area contributed by atoms with Gasteiger partial charge in [0.25, 0.3) is 0 Å². The summed E-state index contributed by atoms with van der Waals surface area (Å²) >= 11 is 0. The summed E-state index contributed by atoms with van der Waals surface area (Å²) in [5.41, 5.74) is 0. The van der Waals surface area contributed by atoms with Gasteiger partial charge in [0.05, 0.1) is 33.0 Å². The molecule has 1 fully saturated rings. The summed E-state index contributed by atoms with van der Waals surface area (Å²) in [4.78, 5) is 0. The van der Waals surface area contributed by atoms with E-state index in [0.29, 0.717) is 26.4 Å². The fourth-order valence-electron chi connectivity index (χ4n) is 1.56. The van der Waals surface area contributed by atoms with Crippen LogP contribution in [0.3, 0.4) is 0 Å². The Hall–Kier alpha value is -0.160. The molecule has 1 N–H and O–H groups in total. The smallest absolute Gasteiger partial charge is 0.0701 e. The molecular weight excluding hydrogens is 230 g/mol. The zero-order valence-corrected chi connectivity index (χ0v) is 11.8. The molecule has 0 aromatic rings. The Kier molecular flexibility index (Phi) is 10.5. The number of unbranched alkanes of at least 4 members (excludes halogenated alkanes) is 1. The van der Waals surface area contributed by atoms with Gasteiger partial charge in [-0.1, -0.05) is 13.3 Å². The normalized spacial score (nSPS) is 15.2. The van der Waals surface area contributed by atoms with Gasteiger partial charge in [0, 0.05) is 13.2 Å². The molecule has 0 spiro atoms. The van der Waals surface area contributed by atoms with E-state index in [1.165, 1.54) is 19.3 Å². The first kappa shape index (κ1) is 15.9. The van der Waals surface area contributed by atoms with Crippen LogP contribution in [0.1, 0.15) is 32.6 Å². The molecule has 0 atom stereocenters. The minimum Gasteiger partial charge on any atom is -0.379 e. The summed E-state index contributed by atoms with van der Waals surface area (Å²) in [5, 5.41) is 3.39. The van der Waals surface area contributed by atoms with Crippen LogP contribution in [0.25, 0.3) is 0 Å². The molecule has 1 saturated carbocycles. The van der Waals surface area contributed by atoms with Crippen molar-refractivity contribution in [3.8, 4) is 0 Å². The number of hydrogen-bond acceptors (Lipinski definition) is 4. The van der Waals surface area contributed by atoms with Crippen molar-refractivity contribution in [1.82, 2.24) is 5.32 Å². The van der Waals surface area contributed by atoms with Gasteiger partial charge in [-0.2, -0.15) is 0 Å². The molecule has 0 unspecified atom stereocenters. The Morgan fingerprint density at radius 2 is 1.50 bits per heavy atom. The van der Waals surface area contributed by atoms with Gasteiger partial charge in [0.2, 0.25) is 0 Å². The Morgan fingerprint density at radius 1 is 0.889 bits per heavy atom. The molecule has 1 aliphatic carbocycles. The Bertz CT molecular complexity index is 174. The molecule has 0 heterocycles. The van der Waals surface area contributed by atoms with Crippen LogP contribution in [0.15, 0.2) is 0 Å². The first-order valence-corrected chi connectivity index (χ1v) is 7.37. The van der Waals surface area contributed by atoms with Crippen LogP contribution >= 0.6 is 0 Å². The van der Waals surface area contributed by atoms with Crippen molar-refractivity contribution in [1.29, 1.82) is 0 Å². The highest BCUT2D eigenvalue weighted by Crippen LogP contribution is 2.27. The second-order valence-electron chi connectivity index (χ2n) is 4.84. The van der Waals surface area contributed by atoms with E-state index in [9.17, 15) is 0 Å². The third-order valence-electron chi connectivity index (χ3n) is 2.94. The van der Waals surface area contributed by atoms with Crippen molar-refractivity contribution in [3.05, 3.63) is 0 Å². The van der Waals surface area contributed by atoms with E-state index in [2.05, 4.69) is 12.2 Å². The van der Waals surface area contributed by atoms with Crippen LogP contribution in [0.5, 0.6) is 0 Å². The van der Waals surface area contributed by atoms with Crippen molar-refractivity contribution in [2.75, 3.05) is 52.7 Å². The van der Waals surface area contributed by atoms with E-state index < -0.39 is 0 Å². The van der Waals surface area contributed by atoms with Gasteiger partial charge in [-0.25, -0.2) is 0 Å². The highest BCUT2D eigenvalue weighted by Gasteiger charge is 2.19. The summed E-state index contributed by atoms with van der Waals surface area (Å²) in [5.74, 6) is 0.945. The average molecular weight is 259 g/mol. The topological polar surface area (TPSA) is 39.7 Å². The maximum atomic E-state index is 5.45. The zero-order valence-electron chi connectivity index (χ0n) is 11.8. The van der Waals surface area contributed by atoms with E-state index in [4.69, 9.17) is 14.2 Å². The van der Waals surface area contributed by atoms with E-state index in [1.54, 1.807) is 0 Å². The monoisotopic (exact) mass is 259 g/mol. The lowest BCUT2D eigenvalue weighted by Crippen LogP contribution is -2.22. The Labute approximate surface area is 111 Å². The SMILES string of the molecule is CCCCOCCOCCOCCNCC1CC1. The number of nitrogens with one attached hydrogen (secondary N) is 1. The second kappa shape index (κ2) is 11.9. The zero-order chi connectivity index (χ0) is 12.9. The van der Waals surface area contributed by atoms with E-state index in [0.717, 1.165) is 38.6 Å². The van der Waals surface area contributed by atoms with Gasteiger partial charge >= 0.3 is 0 Å². The minimum absolute atomic E-state index is 0.666. The molecule has 4 nitrogen and oxygen atoms in total. The van der Waals surface area contributed by atoms with Gasteiger partial charge in [0.15, 0.2) is 0 Å². The summed E-state index contributed by atoms with van der Waals surface area (Å²) < 4.78 is 16.2. The van der Waals surface area contributed by atoms with Gasteiger partial charge in [-0.05, 0) is 31.7 Å². The summed E-state index contributed by atoms with van der Waals surface area (Å²) in [6.07, 6.45) is 5.13. The third kappa shape index (κ3) is 11.0. The van der Waals surface area contributed by atoms with Crippen molar-refractivity contribution in [3.63, 3.8) is 0 Å². The molecule has 108 valence electrons. The molecule has 4 heteroatoms. The fraction of sp³-hybridized carbons (Fsp3) is 1.00. The predicted molar refractivity (Wildman–Crippen MR) is 73.0 cm³/mol. The van der Waals surface area contributed by atoms with Crippen molar-refractivity contribution < 1.29 is 14.2 Å². The Balaban J connectivity index is 1.60. The molecule has 0 bridgehead atoms. The van der Waals surface area contributed by atoms with Crippen LogP contribution in [-0.2, 0) is 14.2 Å². The van der Waals surface area contributed by atoms with Crippen LogP contribution in [0, 0.1) is 5.92 Å². The largest absolute Gasteiger partial charge is 0.379 e. The van der Waals surface area contributed by atoms with Gasteiger partial charge < -0.3 is 19.5 Å². The van der Waals surface area contributed by atoms with Crippen molar-refractivity contribution in [2.45, 2.75) is 32.6 Å². The van der Waals surface area contributed by atoms with Crippen LogP contribution < -0.4 is 5.32 Å². The maximum absolute atomic E-state index is 5.45. The molecule has 1 rings (SSSR count). The van der Waals surface area contributed by atoms with Crippen LogP contribution in [0.2, 0.25) is 0 Å². The maximum Gasteiger partial charge on any atom is 0.0701 e. The lowest BCUT2D eigenvalue weighted by molar-refractivity contribution is 0.0146. The third-order valence-corrected chi connectivity index (χ3v) is 2.94. The predicted octanol–water partition coefficient (Wildman–Crippen LogP) is 1.84. The van der Waals surface area contributed by atoms with Crippen molar-refractivity contribution >= 4 is 0 Å². The highest BCUT2D eigenvalue weighted by molar-refractivity contribution is 4.74. The number of ether oxygens (including phenoxy) is 3. The molecule has 0 radical (unpaired) electrons. The molecule has 1 aliphatic rings. The minimum atomic E-state index is 0.666. The Morgan fingerprint density at radius 3 is 2.11 bits per heavy atom.